The van der Waals surface area contributed by atoms with Gasteiger partial charge in [0, 0.05) is 13.3 Å². The first-order valence-electron chi connectivity index (χ1n) is 8.81. The van der Waals surface area contributed by atoms with Crippen molar-refractivity contribution in [3.05, 3.63) is 35.4 Å². The molecule has 0 spiro atoms. The van der Waals surface area contributed by atoms with Gasteiger partial charge in [-0.3, -0.25) is 9.59 Å². The molecule has 0 heterocycles. The highest BCUT2D eigenvalue weighted by atomic mass is 16.4. The van der Waals surface area contributed by atoms with Crippen molar-refractivity contribution in [2.24, 2.45) is 5.92 Å². The van der Waals surface area contributed by atoms with Crippen molar-refractivity contribution in [1.82, 2.24) is 10.6 Å². The van der Waals surface area contributed by atoms with Gasteiger partial charge in [-0.2, -0.15) is 0 Å². The van der Waals surface area contributed by atoms with Crippen LogP contribution in [0.3, 0.4) is 0 Å². The summed E-state index contributed by atoms with van der Waals surface area (Å²) >= 11 is 0. The number of carboxylic acid groups (broad SMARTS) is 1. The van der Waals surface area contributed by atoms with Gasteiger partial charge in [0.15, 0.2) is 0 Å². The smallest absolute Gasteiger partial charge is 0.326 e. The number of nitrogens with one attached hydrogen (secondary N) is 2. The number of carboxylic acids is 1. The molecule has 0 saturated carbocycles. The molecule has 0 aliphatic rings. The molecule has 1 aromatic carbocycles. The van der Waals surface area contributed by atoms with Crippen LogP contribution in [0.2, 0.25) is 0 Å². The lowest BCUT2D eigenvalue weighted by Crippen LogP contribution is -2.53. The van der Waals surface area contributed by atoms with Gasteiger partial charge in [0.2, 0.25) is 11.8 Å². The third-order valence-corrected chi connectivity index (χ3v) is 4.18. The molecule has 1 rings (SSSR count). The fourth-order valence-corrected chi connectivity index (χ4v) is 2.59. The summed E-state index contributed by atoms with van der Waals surface area (Å²) in [6.07, 6.45) is 0.177. The molecule has 0 unspecified atom stereocenters. The van der Waals surface area contributed by atoms with Crippen LogP contribution < -0.4 is 10.6 Å². The van der Waals surface area contributed by atoms with E-state index in [1.165, 1.54) is 6.92 Å². The second-order valence-electron chi connectivity index (χ2n) is 7.97. The van der Waals surface area contributed by atoms with Crippen LogP contribution in [-0.2, 0) is 26.2 Å². The van der Waals surface area contributed by atoms with Crippen molar-refractivity contribution < 1.29 is 19.5 Å². The predicted octanol–water partition coefficient (Wildman–Crippen LogP) is 2.26. The lowest BCUT2D eigenvalue weighted by molar-refractivity contribution is -0.142. The third-order valence-electron chi connectivity index (χ3n) is 4.18. The van der Waals surface area contributed by atoms with E-state index in [4.69, 9.17) is 0 Å². The summed E-state index contributed by atoms with van der Waals surface area (Å²) in [5.41, 5.74) is 2.00. The molecule has 6 nitrogen and oxygen atoms in total. The molecule has 1 aromatic rings. The monoisotopic (exact) mass is 362 g/mol. The largest absolute Gasteiger partial charge is 0.480 e. The lowest BCUT2D eigenvalue weighted by atomic mass is 9.86. The SMILES string of the molecule is CC(=O)N[C@@H](C(=O)N[C@@H](Cc1ccc(C(C)(C)C)cc1)C(=O)O)C(C)C. The van der Waals surface area contributed by atoms with Gasteiger partial charge in [0.25, 0.3) is 0 Å². The van der Waals surface area contributed by atoms with Crippen molar-refractivity contribution in [2.45, 2.75) is 65.5 Å². The molecule has 6 heteroatoms. The highest BCUT2D eigenvalue weighted by molar-refractivity contribution is 5.90. The maximum atomic E-state index is 12.4. The minimum Gasteiger partial charge on any atom is -0.480 e. The molecule has 3 N–H and O–H groups in total. The quantitative estimate of drug-likeness (QED) is 0.693. The van der Waals surface area contributed by atoms with Gasteiger partial charge in [-0.25, -0.2) is 4.79 Å². The van der Waals surface area contributed by atoms with Crippen molar-refractivity contribution in [3.63, 3.8) is 0 Å². The second-order valence-corrected chi connectivity index (χ2v) is 7.97. The minimum atomic E-state index is -1.11. The summed E-state index contributed by atoms with van der Waals surface area (Å²) in [4.78, 5) is 35.3. The maximum Gasteiger partial charge on any atom is 0.326 e. The van der Waals surface area contributed by atoms with E-state index in [0.29, 0.717) is 0 Å². The molecule has 0 aromatic heterocycles. The van der Waals surface area contributed by atoms with Crippen LogP contribution in [-0.4, -0.2) is 35.0 Å². The molecule has 0 aliphatic heterocycles. The van der Waals surface area contributed by atoms with Crippen LogP contribution in [0.25, 0.3) is 0 Å². The standard InChI is InChI=1S/C20H30N2O4/c1-12(2)17(21-13(3)23)18(24)22-16(19(25)26)11-14-7-9-15(10-8-14)20(4,5)6/h7-10,12,16-17H,11H2,1-6H3,(H,21,23)(H,22,24)(H,25,26)/t16-,17+/m0/s1. The number of hydrogen-bond acceptors (Lipinski definition) is 3. The average Bonchev–Trinajstić information content (AvgIpc) is 2.50. The number of hydrogen-bond donors (Lipinski definition) is 3. The van der Waals surface area contributed by atoms with E-state index in [1.54, 1.807) is 13.8 Å². The normalized spacial score (nSPS) is 13.8. The van der Waals surface area contributed by atoms with E-state index in [9.17, 15) is 19.5 Å². The van der Waals surface area contributed by atoms with Crippen LogP contribution in [0.4, 0.5) is 0 Å². The summed E-state index contributed by atoms with van der Waals surface area (Å²) in [6.45, 7) is 11.2. The Morgan fingerprint density at radius 3 is 1.96 bits per heavy atom. The van der Waals surface area contributed by atoms with E-state index >= 15 is 0 Å². The number of carbonyl (C=O) groups is 3. The highest BCUT2D eigenvalue weighted by Crippen LogP contribution is 2.22. The van der Waals surface area contributed by atoms with Crippen LogP contribution >= 0.6 is 0 Å². The molecular formula is C20H30N2O4. The van der Waals surface area contributed by atoms with Gasteiger partial charge < -0.3 is 15.7 Å². The van der Waals surface area contributed by atoms with Gasteiger partial charge >= 0.3 is 5.97 Å². The van der Waals surface area contributed by atoms with Crippen LogP contribution in [0, 0.1) is 5.92 Å². The Labute approximate surface area is 155 Å². The molecule has 0 fully saturated rings. The zero-order chi connectivity index (χ0) is 20.1. The van der Waals surface area contributed by atoms with Gasteiger partial charge in [0.05, 0.1) is 0 Å². The minimum absolute atomic E-state index is 0.0157. The topological polar surface area (TPSA) is 95.5 Å². The van der Waals surface area contributed by atoms with E-state index in [1.807, 2.05) is 24.3 Å². The van der Waals surface area contributed by atoms with Crippen LogP contribution in [0.15, 0.2) is 24.3 Å². The zero-order valence-corrected chi connectivity index (χ0v) is 16.4. The summed E-state index contributed by atoms with van der Waals surface area (Å²) in [5, 5.41) is 14.6. The van der Waals surface area contributed by atoms with Crippen molar-refractivity contribution in [1.29, 1.82) is 0 Å². The summed E-state index contributed by atoms with van der Waals surface area (Å²) < 4.78 is 0. The van der Waals surface area contributed by atoms with Gasteiger partial charge in [-0.15, -0.1) is 0 Å². The van der Waals surface area contributed by atoms with E-state index in [0.717, 1.165) is 11.1 Å². The van der Waals surface area contributed by atoms with E-state index < -0.39 is 24.0 Å². The van der Waals surface area contributed by atoms with Gasteiger partial charge in [-0.1, -0.05) is 58.9 Å². The zero-order valence-electron chi connectivity index (χ0n) is 16.4. The number of benzene rings is 1. The third kappa shape index (κ3) is 6.50. The first kappa shape index (κ1) is 21.7. The Kier molecular flexibility index (Phi) is 7.36. The Bertz CT molecular complexity index is 645. The molecule has 26 heavy (non-hydrogen) atoms. The predicted molar refractivity (Wildman–Crippen MR) is 101 cm³/mol. The summed E-state index contributed by atoms with van der Waals surface area (Å²) in [7, 11) is 0. The molecule has 0 radical (unpaired) electrons. The summed E-state index contributed by atoms with van der Waals surface area (Å²) in [5.74, 6) is -2.08. The summed E-state index contributed by atoms with van der Waals surface area (Å²) in [6, 6.07) is 5.90. The Hall–Kier alpha value is -2.37. The Morgan fingerprint density at radius 2 is 1.58 bits per heavy atom. The fourth-order valence-electron chi connectivity index (χ4n) is 2.59. The molecular weight excluding hydrogens is 332 g/mol. The number of amides is 2. The molecule has 144 valence electrons. The van der Waals surface area contributed by atoms with Crippen molar-refractivity contribution >= 4 is 17.8 Å². The van der Waals surface area contributed by atoms with Crippen molar-refractivity contribution in [2.75, 3.05) is 0 Å². The molecule has 2 amide bonds. The Balaban J connectivity index is 2.87. The first-order valence-corrected chi connectivity index (χ1v) is 8.81. The van der Waals surface area contributed by atoms with Gasteiger partial charge in [-0.05, 0) is 22.5 Å². The van der Waals surface area contributed by atoms with E-state index in [2.05, 4.69) is 31.4 Å². The number of aliphatic carboxylic acids is 1. The molecule has 0 aliphatic carbocycles. The highest BCUT2D eigenvalue weighted by Gasteiger charge is 2.28. The maximum absolute atomic E-state index is 12.4. The average molecular weight is 362 g/mol. The van der Waals surface area contributed by atoms with Gasteiger partial charge in [0.1, 0.15) is 12.1 Å². The number of rotatable bonds is 7. The first-order chi connectivity index (χ1) is 11.9. The molecule has 2 atom stereocenters. The fraction of sp³-hybridized carbons (Fsp3) is 0.550. The lowest BCUT2D eigenvalue weighted by Gasteiger charge is -2.24. The van der Waals surface area contributed by atoms with Crippen molar-refractivity contribution in [3.8, 4) is 0 Å². The van der Waals surface area contributed by atoms with E-state index in [-0.39, 0.29) is 23.7 Å². The second kappa shape index (κ2) is 8.83. The molecule has 0 bridgehead atoms. The van der Waals surface area contributed by atoms with Crippen LogP contribution in [0.1, 0.15) is 52.7 Å². The Morgan fingerprint density at radius 1 is 1.04 bits per heavy atom. The van der Waals surface area contributed by atoms with Crippen LogP contribution in [0.5, 0.6) is 0 Å². The molecule has 0 saturated heterocycles. The number of carbonyl (C=O) groups excluding carboxylic acids is 2.